The zero-order valence-corrected chi connectivity index (χ0v) is 12.9. The van der Waals surface area contributed by atoms with Gasteiger partial charge in [0.15, 0.2) is 0 Å². The van der Waals surface area contributed by atoms with Crippen molar-refractivity contribution >= 4 is 22.1 Å². The maximum Gasteiger partial charge on any atom is 0.0422 e. The summed E-state index contributed by atoms with van der Waals surface area (Å²) in [4.78, 5) is 0. The zero-order valence-electron chi connectivity index (χ0n) is 12.9. The largest absolute Gasteiger partial charge is 0.355 e. The zero-order chi connectivity index (χ0) is 14.9. The number of rotatable bonds is 2. The Balaban J connectivity index is 1.99. The molecule has 0 bridgehead atoms. The lowest BCUT2D eigenvalue weighted by Gasteiger charge is -2.23. The fourth-order valence-electron chi connectivity index (χ4n) is 2.67. The third-order valence-corrected chi connectivity index (χ3v) is 3.76. The molecule has 0 spiro atoms. The highest BCUT2D eigenvalue weighted by Gasteiger charge is 2.17. The lowest BCUT2D eigenvalue weighted by Crippen LogP contribution is -2.13. The van der Waals surface area contributed by atoms with Crippen molar-refractivity contribution < 1.29 is 0 Å². The lowest BCUT2D eigenvalue weighted by molar-refractivity contribution is 0.592. The Labute approximate surface area is 126 Å². The molecule has 0 radical (unpaired) electrons. The Kier molecular flexibility index (Phi) is 3.42. The third kappa shape index (κ3) is 2.92. The molecule has 0 aromatic heterocycles. The summed E-state index contributed by atoms with van der Waals surface area (Å²) in [6.45, 7) is 6.73. The van der Waals surface area contributed by atoms with Crippen molar-refractivity contribution in [2.45, 2.75) is 26.2 Å². The highest BCUT2D eigenvalue weighted by atomic mass is 14.9. The van der Waals surface area contributed by atoms with Gasteiger partial charge in [0, 0.05) is 11.4 Å². The number of para-hydroxylation sites is 1. The standard InChI is InChI=1S/C20H21N/c1-20(2,3)18-10-6-7-11-19(18)21-17-13-12-15-8-4-5-9-16(15)14-17/h4-14,21H,1-3H3. The van der Waals surface area contributed by atoms with Crippen molar-refractivity contribution in [3.8, 4) is 0 Å². The Morgan fingerprint density at radius 3 is 2.14 bits per heavy atom. The molecule has 0 amide bonds. The average Bonchev–Trinajstić information content (AvgIpc) is 2.46. The summed E-state index contributed by atoms with van der Waals surface area (Å²) in [5.74, 6) is 0. The molecule has 1 heteroatoms. The van der Waals surface area contributed by atoms with E-state index in [9.17, 15) is 0 Å². The third-order valence-electron chi connectivity index (χ3n) is 3.76. The molecule has 0 aliphatic carbocycles. The van der Waals surface area contributed by atoms with E-state index in [4.69, 9.17) is 0 Å². The maximum absolute atomic E-state index is 3.57. The van der Waals surface area contributed by atoms with E-state index in [1.807, 2.05) is 0 Å². The van der Waals surface area contributed by atoms with E-state index >= 15 is 0 Å². The molecule has 106 valence electrons. The van der Waals surface area contributed by atoms with Gasteiger partial charge in [-0.05, 0) is 39.9 Å². The summed E-state index contributed by atoms with van der Waals surface area (Å²) in [5.41, 5.74) is 3.77. The first-order valence-electron chi connectivity index (χ1n) is 7.39. The minimum atomic E-state index is 0.125. The van der Waals surface area contributed by atoms with Crippen LogP contribution in [0.2, 0.25) is 0 Å². The van der Waals surface area contributed by atoms with E-state index in [-0.39, 0.29) is 5.41 Å². The van der Waals surface area contributed by atoms with E-state index in [0.29, 0.717) is 0 Å². The normalized spacial score (nSPS) is 11.6. The smallest absolute Gasteiger partial charge is 0.0422 e. The topological polar surface area (TPSA) is 12.0 Å². The van der Waals surface area contributed by atoms with Crippen LogP contribution >= 0.6 is 0 Å². The van der Waals surface area contributed by atoms with Crippen molar-refractivity contribution in [1.29, 1.82) is 0 Å². The maximum atomic E-state index is 3.57. The molecule has 0 unspecified atom stereocenters. The van der Waals surface area contributed by atoms with Crippen LogP contribution in [0.5, 0.6) is 0 Å². The molecule has 3 rings (SSSR count). The van der Waals surface area contributed by atoms with Gasteiger partial charge in [0.2, 0.25) is 0 Å². The van der Waals surface area contributed by atoms with Crippen LogP contribution in [-0.4, -0.2) is 0 Å². The van der Waals surface area contributed by atoms with E-state index in [0.717, 1.165) is 5.69 Å². The van der Waals surface area contributed by atoms with Crippen molar-refractivity contribution in [2.24, 2.45) is 0 Å². The van der Waals surface area contributed by atoms with Crippen molar-refractivity contribution in [1.82, 2.24) is 0 Å². The Hall–Kier alpha value is -2.28. The van der Waals surface area contributed by atoms with Crippen LogP contribution in [-0.2, 0) is 5.41 Å². The fraction of sp³-hybridized carbons (Fsp3) is 0.200. The minimum absolute atomic E-state index is 0.125. The highest BCUT2D eigenvalue weighted by molar-refractivity contribution is 5.86. The summed E-state index contributed by atoms with van der Waals surface area (Å²) < 4.78 is 0. The van der Waals surface area contributed by atoms with Crippen molar-refractivity contribution in [3.05, 3.63) is 72.3 Å². The molecule has 0 atom stereocenters. The van der Waals surface area contributed by atoms with Gasteiger partial charge in [0.25, 0.3) is 0 Å². The van der Waals surface area contributed by atoms with Gasteiger partial charge in [-0.1, -0.05) is 69.3 Å². The molecule has 3 aromatic carbocycles. The summed E-state index contributed by atoms with van der Waals surface area (Å²) in [5, 5.41) is 6.10. The second-order valence-corrected chi connectivity index (χ2v) is 6.48. The number of nitrogens with one attached hydrogen (secondary N) is 1. The molecule has 0 saturated carbocycles. The van der Waals surface area contributed by atoms with Crippen molar-refractivity contribution in [3.63, 3.8) is 0 Å². The second-order valence-electron chi connectivity index (χ2n) is 6.48. The number of anilines is 2. The molecular formula is C20H21N. The Morgan fingerprint density at radius 1 is 0.714 bits per heavy atom. The quantitative estimate of drug-likeness (QED) is 0.615. The van der Waals surface area contributed by atoms with E-state index in [2.05, 4.69) is 92.8 Å². The van der Waals surface area contributed by atoms with Crippen LogP contribution in [0.15, 0.2) is 66.7 Å². The number of hydrogen-bond donors (Lipinski definition) is 1. The molecule has 0 aliphatic rings. The van der Waals surface area contributed by atoms with Crippen LogP contribution in [0, 0.1) is 0 Å². The predicted octanol–water partition coefficient (Wildman–Crippen LogP) is 5.88. The Morgan fingerprint density at radius 2 is 1.38 bits per heavy atom. The first-order valence-corrected chi connectivity index (χ1v) is 7.39. The monoisotopic (exact) mass is 275 g/mol. The van der Waals surface area contributed by atoms with Crippen LogP contribution in [0.4, 0.5) is 11.4 Å². The molecule has 0 fully saturated rings. The van der Waals surface area contributed by atoms with E-state index < -0.39 is 0 Å². The van der Waals surface area contributed by atoms with E-state index in [1.165, 1.54) is 22.0 Å². The lowest BCUT2D eigenvalue weighted by atomic mass is 9.86. The highest BCUT2D eigenvalue weighted by Crippen LogP contribution is 2.31. The molecule has 21 heavy (non-hydrogen) atoms. The van der Waals surface area contributed by atoms with Crippen LogP contribution < -0.4 is 5.32 Å². The van der Waals surface area contributed by atoms with Gasteiger partial charge < -0.3 is 5.32 Å². The fourth-order valence-corrected chi connectivity index (χ4v) is 2.67. The number of benzene rings is 3. The van der Waals surface area contributed by atoms with Gasteiger partial charge in [-0.25, -0.2) is 0 Å². The molecular weight excluding hydrogens is 254 g/mol. The van der Waals surface area contributed by atoms with Gasteiger partial charge in [-0.3, -0.25) is 0 Å². The minimum Gasteiger partial charge on any atom is -0.355 e. The molecule has 0 aliphatic heterocycles. The van der Waals surface area contributed by atoms with Gasteiger partial charge in [-0.2, -0.15) is 0 Å². The summed E-state index contributed by atoms with van der Waals surface area (Å²) in [6, 6.07) is 23.5. The predicted molar refractivity (Wildman–Crippen MR) is 92.4 cm³/mol. The number of fused-ring (bicyclic) bond motifs is 1. The Bertz CT molecular complexity index is 766. The summed E-state index contributed by atoms with van der Waals surface area (Å²) in [6.07, 6.45) is 0. The van der Waals surface area contributed by atoms with Gasteiger partial charge in [0.1, 0.15) is 0 Å². The van der Waals surface area contributed by atoms with Gasteiger partial charge in [-0.15, -0.1) is 0 Å². The van der Waals surface area contributed by atoms with E-state index in [1.54, 1.807) is 0 Å². The van der Waals surface area contributed by atoms with Crippen molar-refractivity contribution in [2.75, 3.05) is 5.32 Å². The second kappa shape index (κ2) is 5.25. The molecule has 1 nitrogen and oxygen atoms in total. The van der Waals surface area contributed by atoms with Crippen LogP contribution in [0.1, 0.15) is 26.3 Å². The summed E-state index contributed by atoms with van der Waals surface area (Å²) in [7, 11) is 0. The van der Waals surface area contributed by atoms with Crippen LogP contribution in [0.25, 0.3) is 10.8 Å². The first kappa shape index (κ1) is 13.7. The average molecular weight is 275 g/mol. The molecule has 0 heterocycles. The molecule has 1 N–H and O–H groups in total. The first-order chi connectivity index (χ1) is 10.0. The SMILES string of the molecule is CC(C)(C)c1ccccc1Nc1ccc2ccccc2c1. The molecule has 3 aromatic rings. The number of hydrogen-bond acceptors (Lipinski definition) is 1. The van der Waals surface area contributed by atoms with Gasteiger partial charge >= 0.3 is 0 Å². The summed E-state index contributed by atoms with van der Waals surface area (Å²) >= 11 is 0. The van der Waals surface area contributed by atoms with Crippen LogP contribution in [0.3, 0.4) is 0 Å². The molecule has 0 saturated heterocycles. The van der Waals surface area contributed by atoms with Gasteiger partial charge in [0.05, 0.1) is 0 Å².